The molecule has 1 amide bonds. The number of benzene rings is 1. The number of nitrogens with two attached hydrogens (primary N) is 1. The highest BCUT2D eigenvalue weighted by atomic mass is 16.6. The highest BCUT2D eigenvalue weighted by molar-refractivity contribution is 5.67. The molecule has 3 N–H and O–H groups in total. The number of nitrogens with one attached hydrogen (secondary N) is 1. The van der Waals surface area contributed by atoms with Gasteiger partial charge >= 0.3 is 6.09 Å². The molecule has 20 heavy (non-hydrogen) atoms. The Kier molecular flexibility index (Phi) is 6.52. The summed E-state index contributed by atoms with van der Waals surface area (Å²) in [5.41, 5.74) is 7.39. The van der Waals surface area contributed by atoms with E-state index in [0.717, 1.165) is 31.4 Å². The molecule has 0 aromatic heterocycles. The van der Waals surface area contributed by atoms with Gasteiger partial charge in [0, 0.05) is 6.54 Å². The lowest BCUT2D eigenvalue weighted by molar-refractivity contribution is 0.0523. The van der Waals surface area contributed by atoms with E-state index >= 15 is 0 Å². The summed E-state index contributed by atoms with van der Waals surface area (Å²) in [7, 11) is 0. The Bertz CT molecular complexity index is 425. The van der Waals surface area contributed by atoms with Crippen LogP contribution in [-0.4, -0.2) is 18.2 Å². The Balaban J connectivity index is 2.44. The number of carbonyl (C=O) groups excluding carboxylic acids is 1. The van der Waals surface area contributed by atoms with Crippen molar-refractivity contribution in [3.05, 3.63) is 35.4 Å². The summed E-state index contributed by atoms with van der Waals surface area (Å²) in [6, 6.07) is 8.25. The van der Waals surface area contributed by atoms with Crippen LogP contribution in [0, 0.1) is 0 Å². The van der Waals surface area contributed by atoms with Crippen LogP contribution >= 0.6 is 0 Å². The zero-order valence-electron chi connectivity index (χ0n) is 12.7. The van der Waals surface area contributed by atoms with Crippen LogP contribution < -0.4 is 11.1 Å². The quantitative estimate of drug-likeness (QED) is 0.786. The first-order valence-electron chi connectivity index (χ1n) is 7.15. The van der Waals surface area contributed by atoms with Crippen molar-refractivity contribution in [1.82, 2.24) is 5.32 Å². The van der Waals surface area contributed by atoms with Crippen molar-refractivity contribution in [3.8, 4) is 0 Å². The molecule has 4 nitrogen and oxygen atoms in total. The number of carbonyl (C=O) groups is 1. The Labute approximate surface area is 121 Å². The first-order chi connectivity index (χ1) is 9.40. The van der Waals surface area contributed by atoms with Gasteiger partial charge in [0.1, 0.15) is 5.60 Å². The van der Waals surface area contributed by atoms with Crippen LogP contribution in [0.1, 0.15) is 44.7 Å². The molecule has 0 spiro atoms. The number of rotatable bonds is 6. The van der Waals surface area contributed by atoms with Gasteiger partial charge < -0.3 is 15.8 Å². The fourth-order valence-corrected chi connectivity index (χ4v) is 1.86. The highest BCUT2D eigenvalue weighted by Crippen LogP contribution is 2.10. The maximum absolute atomic E-state index is 11.6. The van der Waals surface area contributed by atoms with Gasteiger partial charge in [-0.1, -0.05) is 24.3 Å². The molecule has 0 bridgehead atoms. The third kappa shape index (κ3) is 7.14. The number of unbranched alkanes of at least 4 members (excludes halogenated alkanes) is 1. The molecule has 0 radical (unpaired) electrons. The van der Waals surface area contributed by atoms with Gasteiger partial charge in [-0.2, -0.15) is 0 Å². The minimum atomic E-state index is -0.464. The molecule has 4 heteroatoms. The van der Waals surface area contributed by atoms with Crippen LogP contribution in [-0.2, 0) is 17.7 Å². The van der Waals surface area contributed by atoms with Crippen LogP contribution in [0.2, 0.25) is 0 Å². The van der Waals surface area contributed by atoms with E-state index in [-0.39, 0.29) is 6.09 Å². The average Bonchev–Trinajstić information content (AvgIpc) is 2.35. The van der Waals surface area contributed by atoms with Gasteiger partial charge in [-0.05, 0) is 57.7 Å². The molecule has 112 valence electrons. The summed E-state index contributed by atoms with van der Waals surface area (Å²) >= 11 is 0. The second-order valence-corrected chi connectivity index (χ2v) is 5.92. The Hall–Kier alpha value is -1.55. The largest absolute Gasteiger partial charge is 0.444 e. The fourth-order valence-electron chi connectivity index (χ4n) is 1.86. The number of hydrogen-bond acceptors (Lipinski definition) is 3. The summed E-state index contributed by atoms with van der Waals surface area (Å²) in [6.07, 6.45) is 2.78. The maximum Gasteiger partial charge on any atom is 0.407 e. The van der Waals surface area contributed by atoms with Gasteiger partial charge in [-0.3, -0.25) is 0 Å². The van der Waals surface area contributed by atoms with Crippen LogP contribution in [0.5, 0.6) is 0 Å². The number of alkyl carbamates (subject to hydrolysis) is 1. The molecule has 0 aliphatic heterocycles. The standard InChI is InChI=1S/C16H26N2O2/c1-16(2,3)20-15(19)18-12-14-9-6-8-13(11-14)7-4-5-10-17/h6,8-9,11H,4-5,7,10,12,17H2,1-3H3,(H,18,19). The minimum Gasteiger partial charge on any atom is -0.444 e. The predicted molar refractivity (Wildman–Crippen MR) is 81.5 cm³/mol. The highest BCUT2D eigenvalue weighted by Gasteiger charge is 2.15. The number of amides is 1. The third-order valence-corrected chi connectivity index (χ3v) is 2.75. The normalized spacial score (nSPS) is 11.2. The molecule has 0 saturated carbocycles. The number of aryl methyl sites for hydroxylation is 1. The van der Waals surface area contributed by atoms with Crippen molar-refractivity contribution in [3.63, 3.8) is 0 Å². The van der Waals surface area contributed by atoms with Crippen LogP contribution in [0.3, 0.4) is 0 Å². The van der Waals surface area contributed by atoms with E-state index in [2.05, 4.69) is 17.4 Å². The summed E-state index contributed by atoms with van der Waals surface area (Å²) < 4.78 is 5.21. The first kappa shape index (κ1) is 16.5. The molecule has 0 unspecified atom stereocenters. The molecule has 0 heterocycles. The zero-order chi connectivity index (χ0) is 15.0. The molecule has 0 aliphatic carbocycles. The monoisotopic (exact) mass is 278 g/mol. The average molecular weight is 278 g/mol. The Morgan fingerprint density at radius 1 is 1.25 bits per heavy atom. The second kappa shape index (κ2) is 7.90. The summed E-state index contributed by atoms with van der Waals surface area (Å²) in [4.78, 5) is 11.6. The van der Waals surface area contributed by atoms with Gasteiger partial charge in [0.25, 0.3) is 0 Å². The molecular formula is C16H26N2O2. The van der Waals surface area contributed by atoms with E-state index in [1.807, 2.05) is 32.9 Å². The van der Waals surface area contributed by atoms with Gasteiger partial charge in [0.05, 0.1) is 0 Å². The van der Waals surface area contributed by atoms with E-state index in [1.54, 1.807) is 0 Å². The third-order valence-electron chi connectivity index (χ3n) is 2.75. The molecule has 1 aromatic carbocycles. The van der Waals surface area contributed by atoms with E-state index in [1.165, 1.54) is 5.56 Å². The molecule has 0 aliphatic rings. The lowest BCUT2D eigenvalue weighted by atomic mass is 10.1. The van der Waals surface area contributed by atoms with Gasteiger partial charge in [-0.15, -0.1) is 0 Å². The molecule has 0 fully saturated rings. The maximum atomic E-state index is 11.6. The van der Waals surface area contributed by atoms with Crippen molar-refractivity contribution in [2.24, 2.45) is 5.73 Å². The van der Waals surface area contributed by atoms with Gasteiger partial charge in [-0.25, -0.2) is 4.79 Å². The molecule has 1 rings (SSSR count). The smallest absolute Gasteiger partial charge is 0.407 e. The van der Waals surface area contributed by atoms with Crippen molar-refractivity contribution in [2.75, 3.05) is 6.54 Å². The van der Waals surface area contributed by atoms with Crippen LogP contribution in [0.15, 0.2) is 24.3 Å². The van der Waals surface area contributed by atoms with Crippen molar-refractivity contribution in [2.45, 2.75) is 52.2 Å². The molecule has 0 saturated heterocycles. The van der Waals surface area contributed by atoms with Crippen molar-refractivity contribution < 1.29 is 9.53 Å². The topological polar surface area (TPSA) is 64.3 Å². The predicted octanol–water partition coefficient (Wildman–Crippen LogP) is 2.99. The molecule has 0 atom stereocenters. The van der Waals surface area contributed by atoms with E-state index in [0.29, 0.717) is 6.54 Å². The molecular weight excluding hydrogens is 252 g/mol. The molecule has 1 aromatic rings. The van der Waals surface area contributed by atoms with E-state index in [9.17, 15) is 4.79 Å². The first-order valence-corrected chi connectivity index (χ1v) is 7.15. The SMILES string of the molecule is CC(C)(C)OC(=O)NCc1cccc(CCCCN)c1. The van der Waals surface area contributed by atoms with Gasteiger partial charge in [0.15, 0.2) is 0 Å². The number of ether oxygens (including phenoxy) is 1. The lowest BCUT2D eigenvalue weighted by Gasteiger charge is -2.19. The van der Waals surface area contributed by atoms with E-state index in [4.69, 9.17) is 10.5 Å². The Morgan fingerprint density at radius 2 is 1.95 bits per heavy atom. The second-order valence-electron chi connectivity index (χ2n) is 5.92. The summed E-state index contributed by atoms with van der Waals surface area (Å²) in [5.74, 6) is 0. The van der Waals surface area contributed by atoms with Crippen LogP contribution in [0.4, 0.5) is 4.79 Å². The van der Waals surface area contributed by atoms with Gasteiger partial charge in [0.2, 0.25) is 0 Å². The fraction of sp³-hybridized carbons (Fsp3) is 0.562. The van der Waals surface area contributed by atoms with Crippen molar-refractivity contribution in [1.29, 1.82) is 0 Å². The Morgan fingerprint density at radius 3 is 2.60 bits per heavy atom. The number of hydrogen-bond donors (Lipinski definition) is 2. The zero-order valence-corrected chi connectivity index (χ0v) is 12.7. The van der Waals surface area contributed by atoms with Crippen molar-refractivity contribution >= 4 is 6.09 Å². The van der Waals surface area contributed by atoms with E-state index < -0.39 is 5.60 Å². The summed E-state index contributed by atoms with van der Waals surface area (Å²) in [6.45, 7) is 6.78. The van der Waals surface area contributed by atoms with Crippen LogP contribution in [0.25, 0.3) is 0 Å². The summed E-state index contributed by atoms with van der Waals surface area (Å²) in [5, 5.41) is 2.77. The lowest BCUT2D eigenvalue weighted by Crippen LogP contribution is -2.32. The minimum absolute atomic E-state index is 0.383.